The quantitative estimate of drug-likeness (QED) is 0.814. The van der Waals surface area contributed by atoms with Crippen molar-refractivity contribution < 1.29 is 13.2 Å². The van der Waals surface area contributed by atoms with E-state index >= 15 is 0 Å². The van der Waals surface area contributed by atoms with E-state index in [4.69, 9.17) is 4.74 Å². The van der Waals surface area contributed by atoms with Crippen LogP contribution in [0.1, 0.15) is 31.2 Å². The number of methoxy groups -OCH3 is 1. The predicted octanol–water partition coefficient (Wildman–Crippen LogP) is 2.09. The Kier molecular flexibility index (Phi) is 5.30. The first-order valence-electron chi connectivity index (χ1n) is 8.69. The summed E-state index contributed by atoms with van der Waals surface area (Å²) in [5.41, 5.74) is 1.11. The molecule has 134 valence electrons. The lowest BCUT2D eigenvalue weighted by molar-refractivity contribution is 0.0658. The van der Waals surface area contributed by atoms with Gasteiger partial charge in [-0.3, -0.25) is 4.90 Å². The molecule has 0 saturated carbocycles. The molecule has 2 saturated heterocycles. The molecule has 1 aromatic carbocycles. The number of piperidine rings is 1. The van der Waals surface area contributed by atoms with Crippen LogP contribution in [0.5, 0.6) is 0 Å². The lowest BCUT2D eigenvalue weighted by Crippen LogP contribution is -2.56. The number of benzene rings is 1. The Morgan fingerprint density at radius 2 is 1.83 bits per heavy atom. The maximum absolute atomic E-state index is 12.4. The first kappa shape index (κ1) is 17.9. The van der Waals surface area contributed by atoms with Crippen molar-refractivity contribution in [2.45, 2.75) is 43.8 Å². The largest absolute Gasteiger partial charge is 0.383 e. The molecular formula is C18H28N2O3S. The first-order chi connectivity index (χ1) is 11.4. The number of hydrogen-bond acceptors (Lipinski definition) is 4. The van der Waals surface area contributed by atoms with Crippen LogP contribution in [-0.2, 0) is 21.3 Å². The number of sulfonamides is 1. The Bertz CT molecular complexity index is 639. The van der Waals surface area contributed by atoms with Gasteiger partial charge < -0.3 is 4.74 Å². The Balaban J connectivity index is 1.69. The summed E-state index contributed by atoms with van der Waals surface area (Å²) < 4.78 is 31.9. The van der Waals surface area contributed by atoms with Gasteiger partial charge in [0.05, 0.1) is 12.9 Å². The Hall–Kier alpha value is -0.950. The maximum Gasteiger partial charge on any atom is 0.212 e. The van der Waals surface area contributed by atoms with E-state index in [0.29, 0.717) is 6.61 Å². The zero-order chi connectivity index (χ0) is 17.2. The zero-order valence-electron chi connectivity index (χ0n) is 14.6. The second-order valence-electron chi connectivity index (χ2n) is 7.19. The van der Waals surface area contributed by atoms with Gasteiger partial charge in [0.2, 0.25) is 10.0 Å². The highest BCUT2D eigenvalue weighted by atomic mass is 32.2. The molecule has 2 fully saturated rings. The van der Waals surface area contributed by atoms with Crippen molar-refractivity contribution in [2.75, 3.05) is 33.1 Å². The van der Waals surface area contributed by atoms with Gasteiger partial charge in [-0.25, -0.2) is 8.42 Å². The third-order valence-electron chi connectivity index (χ3n) is 5.49. The van der Waals surface area contributed by atoms with Gasteiger partial charge in [-0.2, -0.15) is 4.31 Å². The molecule has 0 aliphatic carbocycles. The monoisotopic (exact) mass is 352 g/mol. The van der Waals surface area contributed by atoms with Crippen LogP contribution in [0.25, 0.3) is 0 Å². The molecule has 1 spiro atoms. The number of hydrogen-bond donors (Lipinski definition) is 0. The second-order valence-corrected chi connectivity index (χ2v) is 9.05. The highest BCUT2D eigenvalue weighted by Gasteiger charge is 2.51. The molecule has 2 aliphatic heterocycles. The van der Waals surface area contributed by atoms with Crippen molar-refractivity contribution in [1.82, 2.24) is 9.21 Å². The van der Waals surface area contributed by atoms with Crippen LogP contribution in [-0.4, -0.2) is 62.3 Å². The van der Waals surface area contributed by atoms with E-state index in [2.05, 4.69) is 29.2 Å². The highest BCUT2D eigenvalue weighted by molar-refractivity contribution is 7.88. The van der Waals surface area contributed by atoms with Crippen molar-refractivity contribution in [2.24, 2.45) is 0 Å². The van der Waals surface area contributed by atoms with Gasteiger partial charge in [0.25, 0.3) is 0 Å². The van der Waals surface area contributed by atoms with Crippen LogP contribution in [0.4, 0.5) is 0 Å². The summed E-state index contributed by atoms with van der Waals surface area (Å²) in [6.45, 7) is 3.32. The van der Waals surface area contributed by atoms with Crippen molar-refractivity contribution in [3.8, 4) is 0 Å². The minimum Gasteiger partial charge on any atom is -0.383 e. The molecule has 2 heterocycles. The summed E-state index contributed by atoms with van der Waals surface area (Å²) in [6.07, 6.45) is 5.02. The summed E-state index contributed by atoms with van der Waals surface area (Å²) in [6, 6.07) is 10.5. The number of nitrogens with zero attached hydrogens (tertiary/aromatic N) is 2. The smallest absolute Gasteiger partial charge is 0.212 e. The molecule has 0 aromatic heterocycles. The van der Waals surface area contributed by atoms with Gasteiger partial charge >= 0.3 is 0 Å². The van der Waals surface area contributed by atoms with Gasteiger partial charge in [-0.15, -0.1) is 0 Å². The van der Waals surface area contributed by atoms with Gasteiger partial charge in [-0.1, -0.05) is 30.3 Å². The Morgan fingerprint density at radius 1 is 1.17 bits per heavy atom. The molecule has 3 rings (SSSR count). The van der Waals surface area contributed by atoms with E-state index in [1.165, 1.54) is 11.8 Å². The van der Waals surface area contributed by atoms with Crippen LogP contribution in [0, 0.1) is 0 Å². The van der Waals surface area contributed by atoms with Crippen LogP contribution in [0.3, 0.4) is 0 Å². The fourth-order valence-corrected chi connectivity index (χ4v) is 6.14. The molecule has 0 unspecified atom stereocenters. The zero-order valence-corrected chi connectivity index (χ0v) is 15.5. The van der Waals surface area contributed by atoms with Crippen LogP contribution < -0.4 is 0 Å². The average molecular weight is 353 g/mol. The molecule has 0 bridgehead atoms. The second kappa shape index (κ2) is 7.12. The summed E-state index contributed by atoms with van der Waals surface area (Å²) >= 11 is 0. The van der Waals surface area contributed by atoms with Gasteiger partial charge in [0.15, 0.2) is 0 Å². The van der Waals surface area contributed by atoms with E-state index in [1.54, 1.807) is 11.4 Å². The molecule has 0 amide bonds. The minimum atomic E-state index is -3.22. The summed E-state index contributed by atoms with van der Waals surface area (Å²) in [7, 11) is -1.58. The molecule has 1 aromatic rings. The topological polar surface area (TPSA) is 49.9 Å². The highest BCUT2D eigenvalue weighted by Crippen LogP contribution is 2.43. The first-order valence-corrected chi connectivity index (χ1v) is 10.5. The van der Waals surface area contributed by atoms with Crippen molar-refractivity contribution in [3.63, 3.8) is 0 Å². The molecule has 2 aliphatic rings. The summed E-state index contributed by atoms with van der Waals surface area (Å²) in [5, 5.41) is 0. The fourth-order valence-electron chi connectivity index (χ4n) is 4.46. The van der Waals surface area contributed by atoms with E-state index in [-0.39, 0.29) is 11.6 Å². The lowest BCUT2D eigenvalue weighted by atomic mass is 9.86. The van der Waals surface area contributed by atoms with E-state index in [0.717, 1.165) is 45.3 Å². The SMILES string of the molecule is COC[C@@H]1CCC2(CCN(Cc3ccccc3)CC2)N1S(C)(=O)=O. The van der Waals surface area contributed by atoms with Crippen LogP contribution >= 0.6 is 0 Å². The molecule has 5 nitrogen and oxygen atoms in total. The summed E-state index contributed by atoms with van der Waals surface area (Å²) in [5.74, 6) is 0. The van der Waals surface area contributed by atoms with Crippen molar-refractivity contribution in [3.05, 3.63) is 35.9 Å². The molecule has 1 atom stereocenters. The predicted molar refractivity (Wildman–Crippen MR) is 95.3 cm³/mol. The third kappa shape index (κ3) is 3.67. The standard InChI is InChI=1S/C18H28N2O3S/c1-23-15-17-8-9-18(20(17)24(2,21)22)10-12-19(13-11-18)14-16-6-4-3-5-7-16/h3-7,17H,8-15H2,1-2H3/t17-/m0/s1. The fraction of sp³-hybridized carbons (Fsp3) is 0.667. The molecule has 0 radical (unpaired) electrons. The van der Waals surface area contributed by atoms with Crippen molar-refractivity contribution in [1.29, 1.82) is 0 Å². The number of rotatable bonds is 5. The molecule has 0 N–H and O–H groups in total. The van der Waals surface area contributed by atoms with Crippen LogP contribution in [0.2, 0.25) is 0 Å². The van der Waals surface area contributed by atoms with E-state index < -0.39 is 10.0 Å². The van der Waals surface area contributed by atoms with Gasteiger partial charge in [0, 0.05) is 38.3 Å². The number of ether oxygens (including phenoxy) is 1. The van der Waals surface area contributed by atoms with Crippen molar-refractivity contribution >= 4 is 10.0 Å². The Labute approximate surface area is 145 Å². The van der Waals surface area contributed by atoms with E-state index in [9.17, 15) is 8.42 Å². The average Bonchev–Trinajstić information content (AvgIpc) is 2.90. The Morgan fingerprint density at radius 3 is 2.42 bits per heavy atom. The number of likely N-dealkylation sites (tertiary alicyclic amines) is 1. The van der Waals surface area contributed by atoms with E-state index in [1.807, 2.05) is 6.07 Å². The lowest BCUT2D eigenvalue weighted by Gasteiger charge is -2.45. The van der Waals surface area contributed by atoms with Gasteiger partial charge in [0.1, 0.15) is 0 Å². The molecule has 6 heteroatoms. The maximum atomic E-state index is 12.4. The van der Waals surface area contributed by atoms with Crippen LogP contribution in [0.15, 0.2) is 30.3 Å². The minimum absolute atomic E-state index is 0.00864. The molecule has 24 heavy (non-hydrogen) atoms. The normalized spacial score (nSPS) is 25.3. The third-order valence-corrected chi connectivity index (χ3v) is 6.89. The summed E-state index contributed by atoms with van der Waals surface area (Å²) in [4.78, 5) is 2.44. The molecular weight excluding hydrogens is 324 g/mol. The van der Waals surface area contributed by atoms with Gasteiger partial charge in [-0.05, 0) is 31.2 Å².